The smallest absolute Gasteiger partial charge is 0.340 e. The Morgan fingerprint density at radius 2 is 1.79 bits per heavy atom. The van der Waals surface area contributed by atoms with E-state index < -0.39 is 5.97 Å². The van der Waals surface area contributed by atoms with E-state index in [0.717, 1.165) is 0 Å². The lowest BCUT2D eigenvalue weighted by Gasteiger charge is -2.22. The highest BCUT2D eigenvalue weighted by atomic mass is 35.5. The van der Waals surface area contributed by atoms with Crippen LogP contribution in [0.2, 0.25) is 5.02 Å². The molecule has 33 heavy (non-hydrogen) atoms. The molecule has 8 heteroatoms. The van der Waals surface area contributed by atoms with Crippen LogP contribution in [0, 0.1) is 0 Å². The minimum Gasteiger partial charge on any atom is -0.497 e. The molecule has 0 unspecified atom stereocenters. The van der Waals surface area contributed by atoms with Crippen molar-refractivity contribution in [1.82, 2.24) is 9.97 Å². The van der Waals surface area contributed by atoms with Gasteiger partial charge in [0.25, 0.3) is 0 Å². The number of hydrogen-bond donors (Lipinski definition) is 1. The molecule has 1 saturated carbocycles. The number of carbonyl (C=O) groups excluding carboxylic acids is 1. The minimum absolute atomic E-state index is 0.177. The third-order valence-electron chi connectivity index (χ3n) is 5.77. The number of nitrogens with one attached hydrogen (secondary N) is 1. The number of aromatic nitrogens is 2. The first-order chi connectivity index (χ1) is 16.1. The van der Waals surface area contributed by atoms with Gasteiger partial charge in [0, 0.05) is 0 Å². The Kier molecular flexibility index (Phi) is 7.29. The summed E-state index contributed by atoms with van der Waals surface area (Å²) < 4.78 is 15.8. The van der Waals surface area contributed by atoms with Crippen molar-refractivity contribution in [3.05, 3.63) is 64.9 Å². The number of anilines is 2. The van der Waals surface area contributed by atoms with Crippen molar-refractivity contribution in [3.63, 3.8) is 0 Å². The Bertz CT molecular complexity index is 1120. The molecule has 0 saturated heterocycles. The number of nitrogens with zero attached hydrogens (tertiary/aromatic N) is 2. The Labute approximate surface area is 198 Å². The largest absolute Gasteiger partial charge is 0.497 e. The van der Waals surface area contributed by atoms with Crippen LogP contribution in [-0.4, -0.2) is 30.2 Å². The van der Waals surface area contributed by atoms with E-state index >= 15 is 0 Å². The molecular formula is C25H26ClN3O4. The molecule has 0 bridgehead atoms. The van der Waals surface area contributed by atoms with E-state index in [-0.39, 0.29) is 6.01 Å². The molecule has 172 valence electrons. The van der Waals surface area contributed by atoms with E-state index in [4.69, 9.17) is 25.8 Å². The average molecular weight is 468 g/mol. The number of methoxy groups -OCH3 is 2. The van der Waals surface area contributed by atoms with Gasteiger partial charge in [-0.3, -0.25) is 0 Å². The normalized spacial score (nSPS) is 13.9. The van der Waals surface area contributed by atoms with Gasteiger partial charge in [0.1, 0.15) is 11.5 Å². The van der Waals surface area contributed by atoms with Crippen molar-refractivity contribution < 1.29 is 19.0 Å². The van der Waals surface area contributed by atoms with E-state index in [1.54, 1.807) is 30.6 Å². The minimum atomic E-state index is -0.483. The van der Waals surface area contributed by atoms with E-state index in [0.29, 0.717) is 39.4 Å². The predicted molar refractivity (Wildman–Crippen MR) is 127 cm³/mol. The Hall–Kier alpha value is -3.32. The fourth-order valence-electron chi connectivity index (χ4n) is 4.02. The standard InChI is InChI=1S/C25H26ClN3O4/c1-31-19-9-10-22(20(13-19)24(30)32-2)29-18-14-27-25(28-15-18)33-23-11-8-17(12-21(23)26)16-6-4-3-5-7-16/h8-16,29H,3-7H2,1-2H3. The molecule has 1 aromatic heterocycles. The fourth-order valence-corrected chi connectivity index (χ4v) is 4.24. The zero-order valence-corrected chi connectivity index (χ0v) is 19.4. The molecule has 0 radical (unpaired) electrons. The van der Waals surface area contributed by atoms with Crippen LogP contribution in [0.1, 0.15) is 53.9 Å². The Morgan fingerprint density at radius 1 is 1.03 bits per heavy atom. The number of benzene rings is 2. The Morgan fingerprint density at radius 3 is 2.45 bits per heavy atom. The zero-order chi connectivity index (χ0) is 23.2. The second-order valence-electron chi connectivity index (χ2n) is 7.91. The van der Waals surface area contributed by atoms with Gasteiger partial charge >= 0.3 is 12.0 Å². The lowest BCUT2D eigenvalue weighted by molar-refractivity contribution is 0.0601. The van der Waals surface area contributed by atoms with Gasteiger partial charge in [0.05, 0.1) is 48.6 Å². The predicted octanol–water partition coefficient (Wildman–Crippen LogP) is 6.51. The van der Waals surface area contributed by atoms with Crippen LogP contribution in [0.25, 0.3) is 0 Å². The maximum Gasteiger partial charge on any atom is 0.340 e. The van der Waals surface area contributed by atoms with Gasteiger partial charge in [-0.1, -0.05) is 36.9 Å². The first-order valence-corrected chi connectivity index (χ1v) is 11.3. The second-order valence-corrected chi connectivity index (χ2v) is 8.32. The van der Waals surface area contributed by atoms with Gasteiger partial charge in [0.2, 0.25) is 0 Å². The van der Waals surface area contributed by atoms with Crippen LogP contribution in [0.15, 0.2) is 48.8 Å². The molecular weight excluding hydrogens is 442 g/mol. The van der Waals surface area contributed by atoms with Gasteiger partial charge in [0.15, 0.2) is 0 Å². The van der Waals surface area contributed by atoms with Gasteiger partial charge in [-0.2, -0.15) is 0 Å². The van der Waals surface area contributed by atoms with E-state index in [9.17, 15) is 4.79 Å². The van der Waals surface area contributed by atoms with E-state index in [1.165, 1.54) is 51.9 Å². The van der Waals surface area contributed by atoms with Crippen molar-refractivity contribution in [2.75, 3.05) is 19.5 Å². The molecule has 3 aromatic rings. The third-order valence-corrected chi connectivity index (χ3v) is 6.07. The highest BCUT2D eigenvalue weighted by Crippen LogP contribution is 2.37. The summed E-state index contributed by atoms with van der Waals surface area (Å²) in [6, 6.07) is 11.2. The van der Waals surface area contributed by atoms with Crippen LogP contribution < -0.4 is 14.8 Å². The summed E-state index contributed by atoms with van der Waals surface area (Å²) in [5.74, 6) is 1.15. The first kappa shape index (κ1) is 22.9. The van der Waals surface area contributed by atoms with Gasteiger partial charge < -0.3 is 19.5 Å². The van der Waals surface area contributed by atoms with E-state index in [1.807, 2.05) is 12.1 Å². The van der Waals surface area contributed by atoms with Crippen LogP contribution in [0.4, 0.5) is 11.4 Å². The number of ether oxygens (including phenoxy) is 3. The quantitative estimate of drug-likeness (QED) is 0.396. The summed E-state index contributed by atoms with van der Waals surface area (Å²) in [6.45, 7) is 0. The summed E-state index contributed by atoms with van der Waals surface area (Å²) in [5.41, 5.74) is 2.72. The van der Waals surface area contributed by atoms with Crippen molar-refractivity contribution in [2.45, 2.75) is 38.0 Å². The average Bonchev–Trinajstić information content (AvgIpc) is 2.86. The molecule has 4 rings (SSSR count). The summed E-state index contributed by atoms with van der Waals surface area (Å²) in [7, 11) is 2.86. The van der Waals surface area contributed by atoms with Crippen molar-refractivity contribution >= 4 is 28.9 Å². The number of halogens is 1. The lowest BCUT2D eigenvalue weighted by atomic mass is 9.84. The number of esters is 1. The molecule has 1 fully saturated rings. The molecule has 7 nitrogen and oxygen atoms in total. The number of hydrogen-bond acceptors (Lipinski definition) is 7. The molecule has 0 spiro atoms. The van der Waals surface area contributed by atoms with E-state index in [2.05, 4.69) is 21.4 Å². The maximum absolute atomic E-state index is 12.1. The monoisotopic (exact) mass is 467 g/mol. The van der Waals surface area contributed by atoms with Crippen LogP contribution in [-0.2, 0) is 4.74 Å². The molecule has 0 atom stereocenters. The van der Waals surface area contributed by atoms with Gasteiger partial charge in [-0.15, -0.1) is 0 Å². The zero-order valence-electron chi connectivity index (χ0n) is 18.6. The van der Waals surface area contributed by atoms with Crippen molar-refractivity contribution in [3.8, 4) is 17.5 Å². The fraction of sp³-hybridized carbons (Fsp3) is 0.320. The third kappa shape index (κ3) is 5.54. The molecule has 1 heterocycles. The van der Waals surface area contributed by atoms with Crippen LogP contribution >= 0.6 is 11.6 Å². The lowest BCUT2D eigenvalue weighted by Crippen LogP contribution is -2.06. The number of rotatable bonds is 7. The molecule has 0 amide bonds. The van der Waals surface area contributed by atoms with Gasteiger partial charge in [-0.05, 0) is 54.7 Å². The Balaban J connectivity index is 1.45. The summed E-state index contributed by atoms with van der Waals surface area (Å²) in [4.78, 5) is 20.6. The van der Waals surface area contributed by atoms with Gasteiger partial charge in [-0.25, -0.2) is 14.8 Å². The van der Waals surface area contributed by atoms with Crippen LogP contribution in [0.3, 0.4) is 0 Å². The maximum atomic E-state index is 12.1. The van der Waals surface area contributed by atoms with Crippen molar-refractivity contribution in [1.29, 1.82) is 0 Å². The SMILES string of the molecule is COC(=O)c1cc(OC)ccc1Nc1cnc(Oc2ccc(C3CCCCC3)cc2Cl)nc1. The molecule has 1 aliphatic carbocycles. The first-order valence-electron chi connectivity index (χ1n) is 10.9. The number of carbonyl (C=O) groups is 1. The highest BCUT2D eigenvalue weighted by molar-refractivity contribution is 6.32. The summed E-state index contributed by atoms with van der Waals surface area (Å²) in [5, 5.41) is 3.67. The van der Waals surface area contributed by atoms with Crippen molar-refractivity contribution in [2.24, 2.45) is 0 Å². The summed E-state index contributed by atoms with van der Waals surface area (Å²) >= 11 is 6.48. The molecule has 0 aliphatic heterocycles. The molecule has 1 aliphatic rings. The second kappa shape index (κ2) is 10.5. The summed E-state index contributed by atoms with van der Waals surface area (Å²) in [6.07, 6.45) is 9.41. The molecule has 2 aromatic carbocycles. The highest BCUT2D eigenvalue weighted by Gasteiger charge is 2.17. The topological polar surface area (TPSA) is 82.6 Å². The molecule has 1 N–H and O–H groups in total. The van der Waals surface area contributed by atoms with Crippen LogP contribution in [0.5, 0.6) is 17.5 Å².